The molecule has 0 fully saturated rings. The number of hydrogen-bond donors (Lipinski definition) is 0. The van der Waals surface area contributed by atoms with E-state index in [1.54, 1.807) is 0 Å². The van der Waals surface area contributed by atoms with Crippen molar-refractivity contribution in [3.05, 3.63) is 17.6 Å². The van der Waals surface area contributed by atoms with Crippen LogP contribution in [0.5, 0.6) is 0 Å². The number of hydrogen-bond acceptors (Lipinski definition) is 4. The summed E-state index contributed by atoms with van der Waals surface area (Å²) in [5, 5.41) is 0. The third-order valence-electron chi connectivity index (χ3n) is 2.98. The van der Waals surface area contributed by atoms with Crippen LogP contribution >= 0.6 is 11.8 Å². The molecule has 0 aliphatic carbocycles. The average molecular weight is 253 g/mol. The van der Waals surface area contributed by atoms with Crippen LogP contribution in [0, 0.1) is 6.92 Å². The molecule has 0 radical (unpaired) electrons. The van der Waals surface area contributed by atoms with Gasteiger partial charge in [-0.3, -0.25) is 0 Å². The molecule has 0 bridgehead atoms. The SMILES string of the molecule is CCc1cc(N(C)C(CC)CSC)nc(C)n1. The summed E-state index contributed by atoms with van der Waals surface area (Å²) in [4.78, 5) is 11.2. The van der Waals surface area contributed by atoms with Crippen molar-refractivity contribution >= 4 is 17.6 Å². The van der Waals surface area contributed by atoms with Gasteiger partial charge in [0.15, 0.2) is 0 Å². The molecule has 3 nitrogen and oxygen atoms in total. The maximum atomic E-state index is 4.54. The number of aromatic nitrogens is 2. The van der Waals surface area contributed by atoms with Gasteiger partial charge in [-0.2, -0.15) is 11.8 Å². The van der Waals surface area contributed by atoms with Gasteiger partial charge in [0.1, 0.15) is 11.6 Å². The molecular formula is C13H23N3S. The summed E-state index contributed by atoms with van der Waals surface area (Å²) in [6.07, 6.45) is 4.25. The molecule has 1 unspecified atom stereocenters. The van der Waals surface area contributed by atoms with Crippen molar-refractivity contribution in [3.8, 4) is 0 Å². The summed E-state index contributed by atoms with van der Waals surface area (Å²) in [5.41, 5.74) is 1.12. The number of anilines is 1. The molecule has 96 valence electrons. The zero-order valence-electron chi connectivity index (χ0n) is 11.5. The Kier molecular flexibility index (Phi) is 5.75. The molecule has 0 N–H and O–H groups in total. The summed E-state index contributed by atoms with van der Waals surface area (Å²) in [6, 6.07) is 2.65. The average Bonchev–Trinajstić information content (AvgIpc) is 2.34. The summed E-state index contributed by atoms with van der Waals surface area (Å²) >= 11 is 1.89. The molecule has 0 aliphatic rings. The minimum atomic E-state index is 0.545. The topological polar surface area (TPSA) is 29.0 Å². The van der Waals surface area contributed by atoms with Gasteiger partial charge in [0, 0.05) is 30.6 Å². The molecule has 0 saturated carbocycles. The van der Waals surface area contributed by atoms with E-state index >= 15 is 0 Å². The summed E-state index contributed by atoms with van der Waals surface area (Å²) in [5.74, 6) is 3.05. The van der Waals surface area contributed by atoms with Crippen molar-refractivity contribution < 1.29 is 0 Å². The van der Waals surface area contributed by atoms with E-state index in [4.69, 9.17) is 0 Å². The van der Waals surface area contributed by atoms with Crippen LogP contribution in [0.1, 0.15) is 31.8 Å². The Labute approximate surface area is 109 Å². The minimum absolute atomic E-state index is 0.545. The largest absolute Gasteiger partial charge is 0.356 e. The third kappa shape index (κ3) is 3.87. The van der Waals surface area contributed by atoms with E-state index in [-0.39, 0.29) is 0 Å². The zero-order chi connectivity index (χ0) is 12.8. The second-order valence-electron chi connectivity index (χ2n) is 4.25. The molecule has 17 heavy (non-hydrogen) atoms. The number of nitrogens with zero attached hydrogens (tertiary/aromatic N) is 3. The highest BCUT2D eigenvalue weighted by atomic mass is 32.2. The van der Waals surface area contributed by atoms with Crippen molar-refractivity contribution in [2.45, 2.75) is 39.7 Å². The van der Waals surface area contributed by atoms with Crippen LogP contribution in [0.25, 0.3) is 0 Å². The van der Waals surface area contributed by atoms with Crippen molar-refractivity contribution in [1.29, 1.82) is 0 Å². The van der Waals surface area contributed by atoms with Gasteiger partial charge in [0.25, 0.3) is 0 Å². The predicted octanol–water partition coefficient (Wildman–Crippen LogP) is 2.93. The molecule has 1 rings (SSSR count). The Bertz CT molecular complexity index is 355. The van der Waals surface area contributed by atoms with Gasteiger partial charge in [-0.15, -0.1) is 0 Å². The van der Waals surface area contributed by atoms with Crippen molar-refractivity contribution in [2.75, 3.05) is 24.0 Å². The highest BCUT2D eigenvalue weighted by Gasteiger charge is 2.14. The fourth-order valence-electron chi connectivity index (χ4n) is 1.86. The first-order valence-electron chi connectivity index (χ1n) is 6.18. The standard InChI is InChI=1S/C13H23N3S/c1-6-11-8-13(15-10(3)14-11)16(4)12(7-2)9-17-5/h8,12H,6-7,9H2,1-5H3. The molecular weight excluding hydrogens is 230 g/mol. The lowest BCUT2D eigenvalue weighted by Crippen LogP contribution is -2.34. The third-order valence-corrected chi connectivity index (χ3v) is 3.70. The first-order valence-corrected chi connectivity index (χ1v) is 7.58. The Hall–Kier alpha value is -0.770. The van der Waals surface area contributed by atoms with E-state index in [1.807, 2.05) is 18.7 Å². The lowest BCUT2D eigenvalue weighted by molar-refractivity contribution is 0.662. The van der Waals surface area contributed by atoms with Crippen LogP contribution in [0.2, 0.25) is 0 Å². The molecule has 0 spiro atoms. The Morgan fingerprint density at radius 3 is 2.59 bits per heavy atom. The lowest BCUT2D eigenvalue weighted by atomic mass is 10.2. The lowest BCUT2D eigenvalue weighted by Gasteiger charge is -2.28. The molecule has 0 saturated heterocycles. The second kappa shape index (κ2) is 6.84. The second-order valence-corrected chi connectivity index (χ2v) is 5.16. The van der Waals surface area contributed by atoms with Crippen LogP contribution in [0.15, 0.2) is 6.07 Å². The quantitative estimate of drug-likeness (QED) is 0.779. The smallest absolute Gasteiger partial charge is 0.132 e. The van der Waals surface area contributed by atoms with Crippen LogP contribution in [-0.4, -0.2) is 35.1 Å². The number of rotatable bonds is 6. The molecule has 0 amide bonds. The highest BCUT2D eigenvalue weighted by molar-refractivity contribution is 7.98. The monoisotopic (exact) mass is 253 g/mol. The fraction of sp³-hybridized carbons (Fsp3) is 0.692. The van der Waals surface area contributed by atoms with Gasteiger partial charge < -0.3 is 4.90 Å². The van der Waals surface area contributed by atoms with Crippen LogP contribution in [0.4, 0.5) is 5.82 Å². The van der Waals surface area contributed by atoms with Crippen molar-refractivity contribution in [3.63, 3.8) is 0 Å². The van der Waals surface area contributed by atoms with Gasteiger partial charge in [-0.05, 0) is 26.0 Å². The van der Waals surface area contributed by atoms with E-state index in [9.17, 15) is 0 Å². The molecule has 0 aliphatic heterocycles. The fourth-order valence-corrected chi connectivity index (χ4v) is 2.70. The normalized spacial score (nSPS) is 12.5. The van der Waals surface area contributed by atoms with Crippen molar-refractivity contribution in [1.82, 2.24) is 9.97 Å². The summed E-state index contributed by atoms with van der Waals surface area (Å²) in [6.45, 7) is 6.32. The molecule has 4 heteroatoms. The summed E-state index contributed by atoms with van der Waals surface area (Å²) in [7, 11) is 2.13. The Morgan fingerprint density at radius 2 is 2.06 bits per heavy atom. The first-order chi connectivity index (χ1) is 8.12. The van der Waals surface area contributed by atoms with E-state index in [0.29, 0.717) is 6.04 Å². The first kappa shape index (κ1) is 14.3. The van der Waals surface area contributed by atoms with Gasteiger partial charge in [0.2, 0.25) is 0 Å². The van der Waals surface area contributed by atoms with E-state index in [1.165, 1.54) is 0 Å². The van der Waals surface area contributed by atoms with Gasteiger partial charge in [0.05, 0.1) is 0 Å². The van der Waals surface area contributed by atoms with E-state index in [0.717, 1.165) is 35.9 Å². The molecule has 1 aromatic heterocycles. The number of thioether (sulfide) groups is 1. The number of aryl methyl sites for hydroxylation is 2. The van der Waals surface area contributed by atoms with E-state index in [2.05, 4.69) is 48.1 Å². The zero-order valence-corrected chi connectivity index (χ0v) is 12.3. The Morgan fingerprint density at radius 1 is 1.35 bits per heavy atom. The van der Waals surface area contributed by atoms with Gasteiger partial charge >= 0.3 is 0 Å². The minimum Gasteiger partial charge on any atom is -0.356 e. The maximum absolute atomic E-state index is 4.54. The van der Waals surface area contributed by atoms with Crippen LogP contribution < -0.4 is 4.90 Å². The highest BCUT2D eigenvalue weighted by Crippen LogP contribution is 2.18. The Balaban J connectivity index is 2.93. The van der Waals surface area contributed by atoms with Gasteiger partial charge in [-0.25, -0.2) is 9.97 Å². The van der Waals surface area contributed by atoms with E-state index < -0.39 is 0 Å². The molecule has 1 heterocycles. The molecule has 0 aromatic carbocycles. The molecule has 1 atom stereocenters. The summed E-state index contributed by atoms with van der Waals surface area (Å²) < 4.78 is 0. The van der Waals surface area contributed by atoms with Crippen molar-refractivity contribution in [2.24, 2.45) is 0 Å². The molecule has 1 aromatic rings. The van der Waals surface area contributed by atoms with Gasteiger partial charge in [-0.1, -0.05) is 13.8 Å². The predicted molar refractivity (Wildman–Crippen MR) is 77.0 cm³/mol. The maximum Gasteiger partial charge on any atom is 0.132 e. The van der Waals surface area contributed by atoms with Crippen LogP contribution in [0.3, 0.4) is 0 Å². The van der Waals surface area contributed by atoms with Crippen LogP contribution in [-0.2, 0) is 6.42 Å².